The molecule has 0 aliphatic carbocycles. The number of nitrogens with one attached hydrogen (secondary N) is 4. The predicted octanol–water partition coefficient (Wildman–Crippen LogP) is 4.86. The fraction of sp³-hybridized carbons (Fsp3) is 0.160. The molecular formula is C25H26N8S. The maximum absolute atomic E-state index is 4.73. The molecule has 0 fully saturated rings. The lowest BCUT2D eigenvalue weighted by atomic mass is 10.2. The number of rotatable bonds is 10. The molecule has 0 saturated heterocycles. The van der Waals surface area contributed by atoms with Crippen LogP contribution in [-0.2, 0) is 6.54 Å². The molecule has 34 heavy (non-hydrogen) atoms. The van der Waals surface area contributed by atoms with Crippen LogP contribution in [0.4, 0.5) is 17.3 Å². The first-order valence-corrected chi connectivity index (χ1v) is 12.0. The van der Waals surface area contributed by atoms with Gasteiger partial charge in [0.05, 0.1) is 0 Å². The number of aromatic amines is 1. The van der Waals surface area contributed by atoms with Crippen LogP contribution in [0.1, 0.15) is 11.3 Å². The topological polar surface area (TPSA) is 95.0 Å². The van der Waals surface area contributed by atoms with Crippen LogP contribution in [0.15, 0.2) is 89.0 Å². The molecule has 0 amide bonds. The smallest absolute Gasteiger partial charge is 0.214 e. The lowest BCUT2D eigenvalue weighted by molar-refractivity contribution is 0.707. The van der Waals surface area contributed by atoms with E-state index in [4.69, 9.17) is 4.98 Å². The highest BCUT2D eigenvalue weighted by atomic mass is 32.2. The molecule has 0 radical (unpaired) electrons. The van der Waals surface area contributed by atoms with Crippen molar-refractivity contribution in [3.8, 4) is 0 Å². The number of anilines is 3. The second-order valence-corrected chi connectivity index (χ2v) is 8.90. The minimum absolute atomic E-state index is 0.657. The summed E-state index contributed by atoms with van der Waals surface area (Å²) < 4.78 is 1.83. The molecule has 0 atom stereocenters. The second-order valence-electron chi connectivity index (χ2n) is 7.86. The molecule has 0 aliphatic rings. The maximum Gasteiger partial charge on any atom is 0.214 e. The summed E-state index contributed by atoms with van der Waals surface area (Å²) in [7, 11) is 0. The minimum Gasteiger partial charge on any atom is -0.384 e. The number of hydrogen-bond acceptors (Lipinski definition) is 7. The number of aromatic nitrogens is 5. The maximum atomic E-state index is 4.73. The van der Waals surface area contributed by atoms with Crippen LogP contribution in [0.5, 0.6) is 0 Å². The molecule has 0 spiro atoms. The second kappa shape index (κ2) is 10.4. The van der Waals surface area contributed by atoms with Gasteiger partial charge < -0.3 is 16.0 Å². The van der Waals surface area contributed by atoms with Gasteiger partial charge in [-0.2, -0.15) is 5.10 Å². The molecule has 0 saturated carbocycles. The van der Waals surface area contributed by atoms with Gasteiger partial charge in [-0.1, -0.05) is 30.3 Å². The molecule has 0 bridgehead atoms. The predicted molar refractivity (Wildman–Crippen MR) is 137 cm³/mol. The first-order chi connectivity index (χ1) is 16.7. The van der Waals surface area contributed by atoms with E-state index in [0.717, 1.165) is 53.1 Å². The van der Waals surface area contributed by atoms with Gasteiger partial charge in [0, 0.05) is 48.2 Å². The molecule has 8 nitrogen and oxygen atoms in total. The average molecular weight is 471 g/mol. The van der Waals surface area contributed by atoms with Gasteiger partial charge >= 0.3 is 0 Å². The quantitative estimate of drug-likeness (QED) is 0.217. The largest absolute Gasteiger partial charge is 0.384 e. The molecule has 9 heteroatoms. The van der Waals surface area contributed by atoms with Crippen molar-refractivity contribution < 1.29 is 0 Å². The molecule has 4 N–H and O–H groups in total. The zero-order valence-electron chi connectivity index (χ0n) is 18.8. The normalized spacial score (nSPS) is 11.1. The summed E-state index contributed by atoms with van der Waals surface area (Å²) >= 11 is 1.52. The standard InChI is InChI=1S/C25H26N8S/c1-18-16-23(31-30-18)28-24-22-8-5-15-33(22)32-25(29-24)34-21-11-9-20(10-12-21)27-14-13-26-17-19-6-3-2-4-7-19/h2-12,15-16,26-27H,13-14,17H2,1H3,(H2,28,29,30,31,32). The van der Waals surface area contributed by atoms with E-state index in [-0.39, 0.29) is 0 Å². The minimum atomic E-state index is 0.657. The van der Waals surface area contributed by atoms with Gasteiger partial charge in [0.15, 0.2) is 11.6 Å². The average Bonchev–Trinajstić information content (AvgIpc) is 3.49. The number of fused-ring (bicyclic) bond motifs is 1. The summed E-state index contributed by atoms with van der Waals surface area (Å²) in [6.45, 7) is 4.59. The third-order valence-corrected chi connectivity index (χ3v) is 6.05. The zero-order valence-corrected chi connectivity index (χ0v) is 19.6. The van der Waals surface area contributed by atoms with E-state index in [0.29, 0.717) is 5.16 Å². The van der Waals surface area contributed by atoms with Crippen molar-refractivity contribution in [1.82, 2.24) is 30.1 Å². The van der Waals surface area contributed by atoms with Gasteiger partial charge in [-0.3, -0.25) is 5.10 Å². The SMILES string of the molecule is Cc1cc(Nc2nc(Sc3ccc(NCCNCc4ccccc4)cc3)nn3cccc23)n[nH]1. The monoisotopic (exact) mass is 470 g/mol. The van der Waals surface area contributed by atoms with Crippen molar-refractivity contribution in [1.29, 1.82) is 0 Å². The summed E-state index contributed by atoms with van der Waals surface area (Å²) in [5.74, 6) is 1.44. The van der Waals surface area contributed by atoms with Crippen LogP contribution in [0.2, 0.25) is 0 Å². The first-order valence-electron chi connectivity index (χ1n) is 11.1. The summed E-state index contributed by atoms with van der Waals surface area (Å²) in [6, 6.07) is 24.6. The molecule has 172 valence electrons. The van der Waals surface area contributed by atoms with Crippen LogP contribution in [0.25, 0.3) is 5.52 Å². The molecule has 3 aromatic heterocycles. The Kier molecular flexibility index (Phi) is 6.73. The Balaban J connectivity index is 1.18. The summed E-state index contributed by atoms with van der Waals surface area (Å²) in [5, 5.41) is 22.7. The number of nitrogens with zero attached hydrogens (tertiary/aromatic N) is 4. The summed E-state index contributed by atoms with van der Waals surface area (Å²) in [6.07, 6.45) is 1.92. The van der Waals surface area contributed by atoms with E-state index in [2.05, 4.69) is 79.8 Å². The Hall–Kier alpha value is -3.82. The van der Waals surface area contributed by atoms with Gasteiger partial charge in [0.1, 0.15) is 5.52 Å². The summed E-state index contributed by atoms with van der Waals surface area (Å²) in [5.41, 5.74) is 4.26. The van der Waals surface area contributed by atoms with Gasteiger partial charge in [-0.15, -0.1) is 5.10 Å². The van der Waals surface area contributed by atoms with Crippen molar-refractivity contribution in [3.63, 3.8) is 0 Å². The van der Waals surface area contributed by atoms with Crippen LogP contribution >= 0.6 is 11.8 Å². The number of benzene rings is 2. The Morgan fingerprint density at radius 1 is 0.971 bits per heavy atom. The van der Waals surface area contributed by atoms with Gasteiger partial charge in [0.2, 0.25) is 5.16 Å². The highest BCUT2D eigenvalue weighted by Crippen LogP contribution is 2.28. The Morgan fingerprint density at radius 3 is 2.62 bits per heavy atom. The van der Waals surface area contributed by atoms with Crippen molar-refractivity contribution in [2.24, 2.45) is 0 Å². The molecule has 5 rings (SSSR count). The summed E-state index contributed by atoms with van der Waals surface area (Å²) in [4.78, 5) is 5.80. The van der Waals surface area contributed by atoms with E-state index >= 15 is 0 Å². The van der Waals surface area contributed by atoms with E-state index < -0.39 is 0 Å². The molecular weight excluding hydrogens is 444 g/mol. The third-order valence-electron chi connectivity index (χ3n) is 5.19. The van der Waals surface area contributed by atoms with Crippen molar-refractivity contribution in [2.45, 2.75) is 23.5 Å². The highest BCUT2D eigenvalue weighted by Gasteiger charge is 2.11. The van der Waals surface area contributed by atoms with E-state index in [1.54, 1.807) is 0 Å². The van der Waals surface area contributed by atoms with Gasteiger partial charge in [-0.25, -0.2) is 9.50 Å². The molecule has 3 heterocycles. The van der Waals surface area contributed by atoms with Crippen LogP contribution in [0, 0.1) is 6.92 Å². The Labute approximate surface area is 202 Å². The van der Waals surface area contributed by atoms with Crippen molar-refractivity contribution >= 4 is 34.6 Å². The number of aryl methyl sites for hydroxylation is 1. The van der Waals surface area contributed by atoms with E-state index in [1.807, 2.05) is 41.9 Å². The van der Waals surface area contributed by atoms with E-state index in [9.17, 15) is 0 Å². The third kappa shape index (κ3) is 5.56. The fourth-order valence-electron chi connectivity index (χ4n) is 3.52. The van der Waals surface area contributed by atoms with Crippen LogP contribution < -0.4 is 16.0 Å². The van der Waals surface area contributed by atoms with E-state index in [1.165, 1.54) is 17.3 Å². The Morgan fingerprint density at radius 2 is 1.82 bits per heavy atom. The van der Waals surface area contributed by atoms with Crippen LogP contribution in [-0.4, -0.2) is 37.9 Å². The van der Waals surface area contributed by atoms with Gasteiger partial charge in [-0.05, 0) is 60.6 Å². The number of H-pyrrole nitrogens is 1. The molecule has 5 aromatic rings. The lowest BCUT2D eigenvalue weighted by Gasteiger charge is -2.10. The van der Waals surface area contributed by atoms with Crippen molar-refractivity contribution in [3.05, 3.63) is 90.3 Å². The lowest BCUT2D eigenvalue weighted by Crippen LogP contribution is -2.21. The molecule has 0 aliphatic heterocycles. The van der Waals surface area contributed by atoms with Gasteiger partial charge in [0.25, 0.3) is 0 Å². The Bertz CT molecular complexity index is 1340. The number of hydrogen-bond donors (Lipinski definition) is 4. The first kappa shape index (κ1) is 22.0. The van der Waals surface area contributed by atoms with Crippen LogP contribution in [0.3, 0.4) is 0 Å². The van der Waals surface area contributed by atoms with Crippen molar-refractivity contribution in [2.75, 3.05) is 23.7 Å². The highest BCUT2D eigenvalue weighted by molar-refractivity contribution is 7.99. The molecule has 2 aromatic carbocycles. The fourth-order valence-corrected chi connectivity index (χ4v) is 4.27. The molecule has 0 unspecified atom stereocenters. The zero-order chi connectivity index (χ0) is 23.2.